The number of carbonyl (C=O) groups excluding carboxylic acids is 2. The predicted molar refractivity (Wildman–Crippen MR) is 92.5 cm³/mol. The highest BCUT2D eigenvalue weighted by Gasteiger charge is 2.31. The molecule has 0 aromatic carbocycles. The molecular weight excluding hydrogens is 338 g/mol. The summed E-state index contributed by atoms with van der Waals surface area (Å²) in [7, 11) is 0. The molecule has 2 aromatic rings. The summed E-state index contributed by atoms with van der Waals surface area (Å²) in [6, 6.07) is 3.83. The Morgan fingerprint density at radius 3 is 2.80 bits per heavy atom. The van der Waals surface area contributed by atoms with E-state index in [1.165, 1.54) is 0 Å². The SMILES string of the molecule is O=C([O-])[C@H]1CCCC[C@@H]1C(=O)NCCc1csc(-c2cccnc2)n1. The van der Waals surface area contributed by atoms with Crippen molar-refractivity contribution in [3.05, 3.63) is 35.6 Å². The Morgan fingerprint density at radius 2 is 2.08 bits per heavy atom. The van der Waals surface area contributed by atoms with Gasteiger partial charge >= 0.3 is 0 Å². The lowest BCUT2D eigenvalue weighted by Crippen LogP contribution is -2.44. The van der Waals surface area contributed by atoms with Gasteiger partial charge in [0.25, 0.3) is 0 Å². The molecule has 0 unspecified atom stereocenters. The third-order valence-corrected chi connectivity index (χ3v) is 5.49. The van der Waals surface area contributed by atoms with E-state index in [1.54, 1.807) is 23.7 Å². The lowest BCUT2D eigenvalue weighted by Gasteiger charge is -2.31. The van der Waals surface area contributed by atoms with Crippen molar-refractivity contribution >= 4 is 23.2 Å². The summed E-state index contributed by atoms with van der Waals surface area (Å²) in [5.74, 6) is -2.43. The van der Waals surface area contributed by atoms with Gasteiger partial charge in [-0.3, -0.25) is 9.78 Å². The Labute approximate surface area is 150 Å². The maximum Gasteiger partial charge on any atom is 0.223 e. The average Bonchev–Trinajstić information content (AvgIpc) is 3.11. The van der Waals surface area contributed by atoms with Crippen LogP contribution in [0.5, 0.6) is 0 Å². The third kappa shape index (κ3) is 4.42. The molecular formula is C18H20N3O3S-. The van der Waals surface area contributed by atoms with Crippen molar-refractivity contribution in [1.29, 1.82) is 0 Å². The standard InChI is InChI=1S/C18H21N3O3S/c22-16(14-5-1-2-6-15(14)18(23)24)20-9-7-13-11-25-17(21-13)12-4-3-8-19-10-12/h3-4,8,10-11,14-15H,1-2,5-7,9H2,(H,20,22)(H,23,24)/p-1/t14-,15-/m0/s1. The molecule has 1 amide bonds. The van der Waals surface area contributed by atoms with Crippen LogP contribution in [0.3, 0.4) is 0 Å². The number of aromatic nitrogens is 2. The van der Waals surface area contributed by atoms with Gasteiger partial charge in [0.05, 0.1) is 5.69 Å². The molecule has 1 aliphatic rings. The van der Waals surface area contributed by atoms with Gasteiger partial charge in [-0.25, -0.2) is 4.98 Å². The first-order valence-corrected chi connectivity index (χ1v) is 9.36. The zero-order chi connectivity index (χ0) is 17.6. The van der Waals surface area contributed by atoms with Crippen LogP contribution >= 0.6 is 11.3 Å². The quantitative estimate of drug-likeness (QED) is 0.843. The van der Waals surface area contributed by atoms with Gasteiger partial charge in [-0.1, -0.05) is 12.8 Å². The second kappa shape index (κ2) is 8.20. The van der Waals surface area contributed by atoms with Crippen LogP contribution in [0.15, 0.2) is 29.9 Å². The van der Waals surface area contributed by atoms with E-state index in [2.05, 4.69) is 15.3 Å². The fourth-order valence-electron chi connectivity index (χ4n) is 3.22. The van der Waals surface area contributed by atoms with Crippen molar-refractivity contribution in [1.82, 2.24) is 15.3 Å². The highest BCUT2D eigenvalue weighted by molar-refractivity contribution is 7.13. The van der Waals surface area contributed by atoms with Crippen molar-refractivity contribution in [2.45, 2.75) is 32.1 Å². The molecule has 3 rings (SSSR count). The molecule has 1 aliphatic carbocycles. The molecule has 2 aromatic heterocycles. The summed E-state index contributed by atoms with van der Waals surface area (Å²) in [6.45, 7) is 0.450. The Bertz CT molecular complexity index is 732. The molecule has 0 spiro atoms. The first-order valence-electron chi connectivity index (χ1n) is 8.48. The number of carboxylic acid groups (broad SMARTS) is 1. The van der Waals surface area contributed by atoms with Crippen LogP contribution in [0.2, 0.25) is 0 Å². The monoisotopic (exact) mass is 358 g/mol. The molecule has 0 aliphatic heterocycles. The zero-order valence-corrected chi connectivity index (χ0v) is 14.6. The molecule has 0 bridgehead atoms. The molecule has 0 radical (unpaired) electrons. The summed E-state index contributed by atoms with van der Waals surface area (Å²) >= 11 is 1.54. The number of carboxylic acids is 1. The van der Waals surface area contributed by atoms with Crippen LogP contribution in [0, 0.1) is 11.8 Å². The third-order valence-electron chi connectivity index (χ3n) is 4.55. The number of thiazole rings is 1. The van der Waals surface area contributed by atoms with E-state index >= 15 is 0 Å². The molecule has 2 atom stereocenters. The van der Waals surface area contributed by atoms with Crippen molar-refractivity contribution in [2.75, 3.05) is 6.54 Å². The van der Waals surface area contributed by atoms with E-state index in [4.69, 9.17) is 0 Å². The number of hydrogen-bond acceptors (Lipinski definition) is 6. The number of amides is 1. The van der Waals surface area contributed by atoms with Gasteiger partial charge in [-0.05, 0) is 25.0 Å². The summed E-state index contributed by atoms with van der Waals surface area (Å²) in [4.78, 5) is 32.1. The number of nitrogens with zero attached hydrogens (tertiary/aromatic N) is 2. The van der Waals surface area contributed by atoms with Gasteiger partial charge in [0, 0.05) is 54.1 Å². The average molecular weight is 358 g/mol. The van der Waals surface area contributed by atoms with Crippen molar-refractivity contribution in [2.24, 2.45) is 11.8 Å². The van der Waals surface area contributed by atoms with Crippen molar-refractivity contribution < 1.29 is 14.7 Å². The van der Waals surface area contributed by atoms with E-state index < -0.39 is 17.8 Å². The van der Waals surface area contributed by atoms with E-state index in [0.717, 1.165) is 29.1 Å². The van der Waals surface area contributed by atoms with Crippen molar-refractivity contribution in [3.63, 3.8) is 0 Å². The van der Waals surface area contributed by atoms with E-state index in [1.807, 2.05) is 17.5 Å². The highest BCUT2D eigenvalue weighted by Crippen LogP contribution is 2.30. The van der Waals surface area contributed by atoms with E-state index in [-0.39, 0.29) is 5.91 Å². The lowest BCUT2D eigenvalue weighted by molar-refractivity contribution is -0.314. The number of rotatable bonds is 6. The van der Waals surface area contributed by atoms with Crippen LogP contribution in [0.1, 0.15) is 31.4 Å². The second-order valence-corrected chi connectivity index (χ2v) is 7.10. The molecule has 1 N–H and O–H groups in total. The molecule has 25 heavy (non-hydrogen) atoms. The summed E-state index contributed by atoms with van der Waals surface area (Å²) in [6.07, 6.45) is 6.99. The van der Waals surface area contributed by atoms with Crippen LogP contribution < -0.4 is 10.4 Å². The Balaban J connectivity index is 1.52. The topological polar surface area (TPSA) is 95.0 Å². The maximum absolute atomic E-state index is 12.3. The van der Waals surface area contributed by atoms with Gasteiger partial charge in [-0.15, -0.1) is 11.3 Å². The zero-order valence-electron chi connectivity index (χ0n) is 13.8. The van der Waals surface area contributed by atoms with Crippen LogP contribution in [0.4, 0.5) is 0 Å². The Morgan fingerprint density at radius 1 is 1.28 bits per heavy atom. The summed E-state index contributed by atoms with van der Waals surface area (Å²) in [5.41, 5.74) is 1.88. The van der Waals surface area contributed by atoms with Gasteiger partial charge in [0.15, 0.2) is 0 Å². The Hall–Kier alpha value is -2.28. The smallest absolute Gasteiger partial charge is 0.223 e. The number of carbonyl (C=O) groups is 2. The van der Waals surface area contributed by atoms with Gasteiger partial charge < -0.3 is 15.2 Å². The van der Waals surface area contributed by atoms with Gasteiger partial charge in [-0.2, -0.15) is 0 Å². The highest BCUT2D eigenvalue weighted by atomic mass is 32.1. The normalized spacial score (nSPS) is 20.2. The number of nitrogens with one attached hydrogen (secondary N) is 1. The van der Waals surface area contributed by atoms with Crippen LogP contribution in [-0.4, -0.2) is 28.4 Å². The fraction of sp³-hybridized carbons (Fsp3) is 0.444. The minimum absolute atomic E-state index is 0.184. The number of pyridine rings is 1. The largest absolute Gasteiger partial charge is 0.550 e. The fourth-order valence-corrected chi connectivity index (χ4v) is 4.06. The lowest BCUT2D eigenvalue weighted by atomic mass is 9.78. The molecule has 6 nitrogen and oxygen atoms in total. The number of aliphatic carboxylic acids is 1. The minimum Gasteiger partial charge on any atom is -0.550 e. The van der Waals surface area contributed by atoms with Crippen LogP contribution in [-0.2, 0) is 16.0 Å². The molecule has 7 heteroatoms. The summed E-state index contributed by atoms with van der Waals surface area (Å²) < 4.78 is 0. The number of hydrogen-bond donors (Lipinski definition) is 1. The summed E-state index contributed by atoms with van der Waals surface area (Å²) in [5, 5.41) is 16.9. The first-order chi connectivity index (χ1) is 12.1. The van der Waals surface area contributed by atoms with Gasteiger partial charge in [0.1, 0.15) is 5.01 Å². The maximum atomic E-state index is 12.3. The van der Waals surface area contributed by atoms with Gasteiger partial charge in [0.2, 0.25) is 5.91 Å². The molecule has 1 fully saturated rings. The predicted octanol–water partition coefficient (Wildman–Crippen LogP) is 1.42. The first kappa shape index (κ1) is 17.5. The Kier molecular flexibility index (Phi) is 5.75. The molecule has 1 saturated carbocycles. The van der Waals surface area contributed by atoms with Crippen LogP contribution in [0.25, 0.3) is 10.6 Å². The second-order valence-electron chi connectivity index (χ2n) is 6.24. The molecule has 0 saturated heterocycles. The van der Waals surface area contributed by atoms with E-state index in [0.29, 0.717) is 25.8 Å². The minimum atomic E-state index is -1.11. The van der Waals surface area contributed by atoms with E-state index in [9.17, 15) is 14.7 Å². The molecule has 132 valence electrons. The van der Waals surface area contributed by atoms with Crippen molar-refractivity contribution in [3.8, 4) is 10.6 Å². The molecule has 2 heterocycles.